The number of amides is 3. The molecule has 7 nitrogen and oxygen atoms in total. The van der Waals surface area contributed by atoms with Gasteiger partial charge in [0, 0.05) is 13.1 Å². The van der Waals surface area contributed by atoms with Crippen LogP contribution in [0.15, 0.2) is 0 Å². The van der Waals surface area contributed by atoms with Gasteiger partial charge in [0.25, 0.3) is 11.8 Å². The van der Waals surface area contributed by atoms with Crippen molar-refractivity contribution in [3.05, 3.63) is 15.6 Å². The first-order valence-electron chi connectivity index (χ1n) is 6.19. The summed E-state index contributed by atoms with van der Waals surface area (Å²) in [7, 11) is 0. The predicted molar refractivity (Wildman–Crippen MR) is 69.5 cm³/mol. The minimum Gasteiger partial charge on any atom is -0.439 e. The molecule has 0 aliphatic carbocycles. The molecule has 0 atom stereocenters. The zero-order valence-electron chi connectivity index (χ0n) is 11.1. The molecule has 0 unspecified atom stereocenters. The van der Waals surface area contributed by atoms with Crippen molar-refractivity contribution in [1.29, 1.82) is 0 Å². The summed E-state index contributed by atoms with van der Waals surface area (Å²) in [5.74, 6) is -0.429. The van der Waals surface area contributed by atoms with Gasteiger partial charge in [-0.1, -0.05) is 0 Å². The van der Waals surface area contributed by atoms with Crippen LogP contribution in [-0.4, -0.2) is 58.4 Å². The van der Waals surface area contributed by atoms with E-state index in [1.54, 1.807) is 11.8 Å². The van der Waals surface area contributed by atoms with Crippen molar-refractivity contribution in [2.24, 2.45) is 0 Å². The standard InChI is InChI=1S/C12H13N3O4S/c1-6-10(20-7(2)13-6)11(17)14-3-8(4-14)15-9(16)5-19-12(15)18/h8H,3-5H2,1-2H3. The average molecular weight is 295 g/mol. The van der Waals surface area contributed by atoms with Crippen molar-refractivity contribution >= 4 is 29.2 Å². The highest BCUT2D eigenvalue weighted by Gasteiger charge is 2.44. The second-order valence-corrected chi connectivity index (χ2v) is 6.03. The molecule has 3 heterocycles. The van der Waals surface area contributed by atoms with Crippen LogP contribution in [0, 0.1) is 13.8 Å². The first-order valence-corrected chi connectivity index (χ1v) is 7.01. The third-order valence-corrected chi connectivity index (χ3v) is 4.46. The number of rotatable bonds is 2. The summed E-state index contributed by atoms with van der Waals surface area (Å²) >= 11 is 1.36. The molecule has 2 fully saturated rings. The largest absolute Gasteiger partial charge is 0.439 e. The summed E-state index contributed by atoms with van der Waals surface area (Å²) in [6.07, 6.45) is -0.614. The van der Waals surface area contributed by atoms with Crippen molar-refractivity contribution < 1.29 is 19.1 Å². The number of nitrogens with zero attached hydrogens (tertiary/aromatic N) is 3. The van der Waals surface area contributed by atoms with E-state index in [2.05, 4.69) is 9.72 Å². The molecule has 3 amide bonds. The maximum Gasteiger partial charge on any atom is 0.417 e. The smallest absolute Gasteiger partial charge is 0.417 e. The fourth-order valence-electron chi connectivity index (χ4n) is 2.37. The van der Waals surface area contributed by atoms with Crippen molar-refractivity contribution in [1.82, 2.24) is 14.8 Å². The van der Waals surface area contributed by atoms with Gasteiger partial charge in [0.1, 0.15) is 4.88 Å². The number of hydrogen-bond donors (Lipinski definition) is 0. The number of carbonyl (C=O) groups is 3. The minimum atomic E-state index is -0.614. The first kappa shape index (κ1) is 13.0. The van der Waals surface area contributed by atoms with Gasteiger partial charge >= 0.3 is 6.09 Å². The lowest BCUT2D eigenvalue weighted by molar-refractivity contribution is -0.129. The number of aryl methyl sites for hydroxylation is 2. The Labute approximate surface area is 119 Å². The number of aromatic nitrogens is 1. The third-order valence-electron chi connectivity index (χ3n) is 3.40. The predicted octanol–water partition coefficient (Wildman–Crippen LogP) is 0.563. The normalized spacial score (nSPS) is 19.3. The van der Waals surface area contributed by atoms with Gasteiger partial charge < -0.3 is 9.64 Å². The summed E-state index contributed by atoms with van der Waals surface area (Å²) < 4.78 is 4.66. The van der Waals surface area contributed by atoms with E-state index in [1.807, 2.05) is 6.92 Å². The molecule has 0 saturated carbocycles. The molecule has 0 spiro atoms. The molecule has 8 heteroatoms. The van der Waals surface area contributed by atoms with E-state index in [4.69, 9.17) is 0 Å². The van der Waals surface area contributed by atoms with E-state index in [-0.39, 0.29) is 24.5 Å². The maximum atomic E-state index is 12.3. The molecule has 20 heavy (non-hydrogen) atoms. The summed E-state index contributed by atoms with van der Waals surface area (Å²) in [4.78, 5) is 42.7. The third kappa shape index (κ3) is 1.96. The van der Waals surface area contributed by atoms with Gasteiger partial charge in [-0.05, 0) is 13.8 Å². The Bertz CT molecular complexity index is 590. The molecular weight excluding hydrogens is 282 g/mol. The van der Waals surface area contributed by atoms with E-state index < -0.39 is 6.09 Å². The highest BCUT2D eigenvalue weighted by molar-refractivity contribution is 7.13. The van der Waals surface area contributed by atoms with Crippen LogP contribution in [0.2, 0.25) is 0 Å². The van der Waals surface area contributed by atoms with Gasteiger partial charge in [0.15, 0.2) is 6.61 Å². The van der Waals surface area contributed by atoms with Crippen LogP contribution in [0.1, 0.15) is 20.4 Å². The Morgan fingerprint density at radius 1 is 1.35 bits per heavy atom. The highest BCUT2D eigenvalue weighted by atomic mass is 32.1. The van der Waals surface area contributed by atoms with Crippen LogP contribution in [0.4, 0.5) is 4.79 Å². The second-order valence-electron chi connectivity index (χ2n) is 4.83. The summed E-state index contributed by atoms with van der Waals surface area (Å²) in [5, 5.41) is 0.848. The average Bonchev–Trinajstić information content (AvgIpc) is 2.83. The van der Waals surface area contributed by atoms with Crippen molar-refractivity contribution in [3.63, 3.8) is 0 Å². The molecule has 1 aromatic heterocycles. The monoisotopic (exact) mass is 295 g/mol. The molecule has 0 aromatic carbocycles. The quantitative estimate of drug-likeness (QED) is 0.796. The lowest BCUT2D eigenvalue weighted by Crippen LogP contribution is -2.62. The first-order chi connectivity index (χ1) is 9.47. The van der Waals surface area contributed by atoms with E-state index in [0.29, 0.717) is 18.0 Å². The number of ether oxygens (including phenoxy) is 1. The molecule has 0 N–H and O–H groups in total. The van der Waals surface area contributed by atoms with Crippen LogP contribution in [0.3, 0.4) is 0 Å². The Kier molecular flexibility index (Phi) is 2.97. The zero-order valence-corrected chi connectivity index (χ0v) is 11.9. The SMILES string of the molecule is Cc1nc(C)c(C(=O)N2CC(N3C(=O)COC3=O)C2)s1. The van der Waals surface area contributed by atoms with Gasteiger partial charge in [0.05, 0.1) is 16.7 Å². The zero-order chi connectivity index (χ0) is 14.4. The van der Waals surface area contributed by atoms with Crippen LogP contribution in [0.5, 0.6) is 0 Å². The second kappa shape index (κ2) is 4.55. The Morgan fingerprint density at radius 2 is 2.05 bits per heavy atom. The topological polar surface area (TPSA) is 79.8 Å². The fourth-order valence-corrected chi connectivity index (χ4v) is 3.26. The molecule has 0 bridgehead atoms. The Hall–Kier alpha value is -1.96. The maximum absolute atomic E-state index is 12.3. The summed E-state index contributed by atoms with van der Waals surface area (Å²) in [5.41, 5.74) is 0.720. The van der Waals surface area contributed by atoms with E-state index >= 15 is 0 Å². The fraction of sp³-hybridized carbons (Fsp3) is 0.500. The number of thiazole rings is 1. The molecule has 2 aliphatic rings. The molecular formula is C12H13N3O4S. The highest BCUT2D eigenvalue weighted by Crippen LogP contribution is 2.25. The number of likely N-dealkylation sites (tertiary alicyclic amines) is 1. The van der Waals surface area contributed by atoms with Gasteiger partial charge in [-0.25, -0.2) is 14.7 Å². The van der Waals surface area contributed by atoms with Crippen LogP contribution < -0.4 is 0 Å². The number of cyclic esters (lactones) is 1. The van der Waals surface area contributed by atoms with E-state index in [0.717, 1.165) is 15.6 Å². The minimum absolute atomic E-state index is 0.0932. The summed E-state index contributed by atoms with van der Waals surface area (Å²) in [6.45, 7) is 4.17. The van der Waals surface area contributed by atoms with Gasteiger partial charge in [-0.3, -0.25) is 9.59 Å². The van der Waals surface area contributed by atoms with E-state index in [9.17, 15) is 14.4 Å². The molecule has 106 valence electrons. The number of hydrogen-bond acceptors (Lipinski definition) is 6. The van der Waals surface area contributed by atoms with Gasteiger partial charge in [-0.2, -0.15) is 0 Å². The molecule has 2 aliphatic heterocycles. The van der Waals surface area contributed by atoms with Crippen LogP contribution >= 0.6 is 11.3 Å². The summed E-state index contributed by atoms with van der Waals surface area (Å²) in [6, 6.07) is -0.268. The Morgan fingerprint density at radius 3 is 2.55 bits per heavy atom. The molecule has 2 saturated heterocycles. The Balaban J connectivity index is 1.66. The van der Waals surface area contributed by atoms with Crippen molar-refractivity contribution in [3.8, 4) is 0 Å². The van der Waals surface area contributed by atoms with Crippen LogP contribution in [0.25, 0.3) is 0 Å². The molecule has 3 rings (SSSR count). The number of carbonyl (C=O) groups excluding carboxylic acids is 3. The molecule has 0 radical (unpaired) electrons. The molecule has 1 aromatic rings. The van der Waals surface area contributed by atoms with Crippen LogP contribution in [-0.2, 0) is 9.53 Å². The van der Waals surface area contributed by atoms with Gasteiger partial charge in [-0.15, -0.1) is 11.3 Å². The van der Waals surface area contributed by atoms with Gasteiger partial charge in [0.2, 0.25) is 0 Å². The van der Waals surface area contributed by atoms with E-state index in [1.165, 1.54) is 11.3 Å². The lowest BCUT2D eigenvalue weighted by atomic mass is 10.1. The number of imide groups is 1. The van der Waals surface area contributed by atoms with Crippen molar-refractivity contribution in [2.45, 2.75) is 19.9 Å². The van der Waals surface area contributed by atoms with Crippen molar-refractivity contribution in [2.75, 3.05) is 19.7 Å². The lowest BCUT2D eigenvalue weighted by Gasteiger charge is -2.41.